The third kappa shape index (κ3) is 3.53. The molecule has 0 aliphatic heterocycles. The Bertz CT molecular complexity index is 787. The van der Waals surface area contributed by atoms with E-state index in [1.807, 2.05) is 13.0 Å². The summed E-state index contributed by atoms with van der Waals surface area (Å²) < 4.78 is 9.77. The normalized spacial score (nSPS) is 10.4. The summed E-state index contributed by atoms with van der Waals surface area (Å²) in [7, 11) is 0. The number of hydrogen-bond acceptors (Lipinski definition) is 6. The third-order valence-corrected chi connectivity index (χ3v) is 3.71. The van der Waals surface area contributed by atoms with Crippen LogP contribution in [0.1, 0.15) is 21.2 Å². The molecular formula is C16H13N3O2S. The van der Waals surface area contributed by atoms with Gasteiger partial charge in [-0.15, -0.1) is 0 Å². The number of carbonyl (C=O) groups excluding carboxylic acids is 1. The van der Waals surface area contributed by atoms with E-state index in [0.29, 0.717) is 22.9 Å². The average molecular weight is 311 g/mol. The number of hydrogen-bond donors (Lipinski definition) is 0. The number of ketones is 1. The van der Waals surface area contributed by atoms with Crippen LogP contribution in [-0.4, -0.2) is 20.1 Å². The van der Waals surface area contributed by atoms with Crippen molar-refractivity contribution in [2.75, 3.05) is 0 Å². The van der Waals surface area contributed by atoms with E-state index in [1.165, 1.54) is 11.5 Å². The summed E-state index contributed by atoms with van der Waals surface area (Å²) in [4.78, 5) is 20.5. The molecule has 3 aromatic rings. The molecule has 0 aliphatic rings. The van der Waals surface area contributed by atoms with Crippen LogP contribution in [0.5, 0.6) is 11.5 Å². The summed E-state index contributed by atoms with van der Waals surface area (Å²) in [5, 5.41) is 0.723. The Labute approximate surface area is 131 Å². The highest BCUT2D eigenvalue weighted by atomic mass is 32.1. The maximum atomic E-state index is 12.3. The molecule has 0 fully saturated rings. The van der Waals surface area contributed by atoms with E-state index in [-0.39, 0.29) is 12.2 Å². The van der Waals surface area contributed by atoms with Gasteiger partial charge in [0.1, 0.15) is 22.3 Å². The van der Waals surface area contributed by atoms with Crippen LogP contribution in [-0.2, 0) is 6.42 Å². The summed E-state index contributed by atoms with van der Waals surface area (Å²) in [5.74, 6) is 1.92. The van der Waals surface area contributed by atoms with Gasteiger partial charge in [-0.25, -0.2) is 4.98 Å². The van der Waals surface area contributed by atoms with Gasteiger partial charge >= 0.3 is 0 Å². The van der Waals surface area contributed by atoms with Crippen molar-refractivity contribution in [2.24, 2.45) is 0 Å². The van der Waals surface area contributed by atoms with Gasteiger partial charge < -0.3 is 4.74 Å². The molecule has 1 aromatic carbocycles. The molecule has 0 bridgehead atoms. The fourth-order valence-electron chi connectivity index (χ4n) is 1.93. The minimum Gasteiger partial charge on any atom is -0.456 e. The molecular weight excluding hydrogens is 298 g/mol. The maximum Gasteiger partial charge on any atom is 0.169 e. The van der Waals surface area contributed by atoms with Gasteiger partial charge in [0.15, 0.2) is 5.78 Å². The average Bonchev–Trinajstić information content (AvgIpc) is 2.93. The first kappa shape index (κ1) is 14.3. The predicted molar refractivity (Wildman–Crippen MR) is 83.4 cm³/mol. The molecule has 0 radical (unpaired) electrons. The Hall–Kier alpha value is -2.60. The zero-order chi connectivity index (χ0) is 15.4. The second kappa shape index (κ2) is 6.44. The Morgan fingerprint density at radius 2 is 2.09 bits per heavy atom. The molecule has 0 N–H and O–H groups in total. The monoisotopic (exact) mass is 311 g/mol. The standard InChI is InChI=1S/C16H13N3O2S/c1-11-18-16(22-19-11)9-15(20)12-4-2-5-13(8-12)21-14-6-3-7-17-10-14/h2-8,10H,9H2,1H3. The van der Waals surface area contributed by atoms with Crippen LogP contribution < -0.4 is 4.74 Å². The number of rotatable bonds is 5. The van der Waals surface area contributed by atoms with Crippen LogP contribution in [0.4, 0.5) is 0 Å². The largest absolute Gasteiger partial charge is 0.456 e. The quantitative estimate of drug-likeness (QED) is 0.675. The van der Waals surface area contributed by atoms with Crippen molar-refractivity contribution >= 4 is 17.3 Å². The molecule has 2 aromatic heterocycles. The van der Waals surface area contributed by atoms with Gasteiger partial charge in [-0.05, 0) is 42.7 Å². The Morgan fingerprint density at radius 3 is 2.82 bits per heavy atom. The van der Waals surface area contributed by atoms with Crippen molar-refractivity contribution in [1.82, 2.24) is 14.3 Å². The van der Waals surface area contributed by atoms with Crippen LogP contribution in [0, 0.1) is 6.92 Å². The highest BCUT2D eigenvalue weighted by molar-refractivity contribution is 7.05. The molecule has 0 atom stereocenters. The molecule has 0 amide bonds. The van der Waals surface area contributed by atoms with Gasteiger partial charge in [-0.2, -0.15) is 4.37 Å². The number of carbonyl (C=O) groups is 1. The molecule has 3 rings (SSSR count). The molecule has 22 heavy (non-hydrogen) atoms. The zero-order valence-corrected chi connectivity index (χ0v) is 12.7. The van der Waals surface area contributed by atoms with Gasteiger partial charge in [0.05, 0.1) is 12.6 Å². The zero-order valence-electron chi connectivity index (χ0n) is 11.9. The third-order valence-electron chi connectivity index (χ3n) is 2.91. The van der Waals surface area contributed by atoms with Crippen molar-refractivity contribution in [2.45, 2.75) is 13.3 Å². The van der Waals surface area contributed by atoms with Gasteiger partial charge in [-0.1, -0.05) is 12.1 Å². The summed E-state index contributed by atoms with van der Waals surface area (Å²) in [6, 6.07) is 10.7. The van der Waals surface area contributed by atoms with Gasteiger partial charge in [-0.3, -0.25) is 9.78 Å². The summed E-state index contributed by atoms with van der Waals surface area (Å²) in [6.07, 6.45) is 3.55. The fraction of sp³-hybridized carbons (Fsp3) is 0.125. The first-order valence-electron chi connectivity index (χ1n) is 6.71. The van der Waals surface area contributed by atoms with Crippen molar-refractivity contribution in [3.63, 3.8) is 0 Å². The molecule has 6 heteroatoms. The van der Waals surface area contributed by atoms with Crippen LogP contribution >= 0.6 is 11.5 Å². The summed E-state index contributed by atoms with van der Waals surface area (Å²) in [5.41, 5.74) is 0.592. The van der Waals surface area contributed by atoms with E-state index in [2.05, 4.69) is 14.3 Å². The Balaban J connectivity index is 1.74. The van der Waals surface area contributed by atoms with Crippen LogP contribution in [0.15, 0.2) is 48.8 Å². The molecule has 5 nitrogen and oxygen atoms in total. The Kier molecular flexibility index (Phi) is 4.20. The van der Waals surface area contributed by atoms with E-state index in [1.54, 1.807) is 42.7 Å². The second-order valence-electron chi connectivity index (χ2n) is 4.65. The number of aryl methyl sites for hydroxylation is 1. The lowest BCUT2D eigenvalue weighted by Gasteiger charge is -2.06. The highest BCUT2D eigenvalue weighted by Crippen LogP contribution is 2.22. The summed E-state index contributed by atoms with van der Waals surface area (Å²) in [6.45, 7) is 1.81. The molecule has 0 saturated carbocycles. The topological polar surface area (TPSA) is 65.0 Å². The lowest BCUT2D eigenvalue weighted by molar-refractivity contribution is 0.0992. The fourth-order valence-corrected chi connectivity index (χ4v) is 2.57. The Morgan fingerprint density at radius 1 is 1.23 bits per heavy atom. The van der Waals surface area contributed by atoms with Gasteiger partial charge in [0.25, 0.3) is 0 Å². The first-order valence-corrected chi connectivity index (χ1v) is 7.48. The molecule has 110 valence electrons. The molecule has 0 saturated heterocycles. The number of pyridine rings is 1. The van der Waals surface area contributed by atoms with E-state index >= 15 is 0 Å². The van der Waals surface area contributed by atoms with Crippen molar-refractivity contribution in [3.8, 4) is 11.5 Å². The van der Waals surface area contributed by atoms with Gasteiger partial charge in [0.2, 0.25) is 0 Å². The number of aromatic nitrogens is 3. The van der Waals surface area contributed by atoms with Crippen molar-refractivity contribution in [1.29, 1.82) is 0 Å². The number of Topliss-reactive ketones (excluding diaryl/α,β-unsaturated/α-hetero) is 1. The lowest BCUT2D eigenvalue weighted by atomic mass is 10.1. The van der Waals surface area contributed by atoms with Crippen LogP contribution in [0.3, 0.4) is 0 Å². The first-order chi connectivity index (χ1) is 10.7. The maximum absolute atomic E-state index is 12.3. The highest BCUT2D eigenvalue weighted by Gasteiger charge is 2.11. The van der Waals surface area contributed by atoms with Gasteiger partial charge in [0, 0.05) is 11.8 Å². The van der Waals surface area contributed by atoms with E-state index < -0.39 is 0 Å². The molecule has 2 heterocycles. The van der Waals surface area contributed by atoms with Crippen molar-refractivity contribution in [3.05, 3.63) is 65.2 Å². The van der Waals surface area contributed by atoms with Crippen LogP contribution in [0.25, 0.3) is 0 Å². The predicted octanol–water partition coefficient (Wildman–Crippen LogP) is 3.46. The second-order valence-corrected chi connectivity index (χ2v) is 5.49. The minimum absolute atomic E-state index is 0.00668. The van der Waals surface area contributed by atoms with Crippen molar-refractivity contribution < 1.29 is 9.53 Å². The molecule has 0 unspecified atom stereocenters. The number of benzene rings is 1. The van der Waals surface area contributed by atoms with Crippen LogP contribution in [0.2, 0.25) is 0 Å². The van der Waals surface area contributed by atoms with E-state index in [0.717, 1.165) is 5.01 Å². The molecule has 0 spiro atoms. The van der Waals surface area contributed by atoms with E-state index in [9.17, 15) is 4.79 Å². The summed E-state index contributed by atoms with van der Waals surface area (Å²) >= 11 is 1.26. The smallest absolute Gasteiger partial charge is 0.169 e. The number of ether oxygens (including phenoxy) is 1. The lowest BCUT2D eigenvalue weighted by Crippen LogP contribution is -2.03. The minimum atomic E-state index is -0.00668. The molecule has 0 aliphatic carbocycles. The SMILES string of the molecule is Cc1nsc(CC(=O)c2cccc(Oc3cccnc3)c2)n1. The van der Waals surface area contributed by atoms with E-state index in [4.69, 9.17) is 4.74 Å². The number of nitrogens with zero attached hydrogens (tertiary/aromatic N) is 3.